The summed E-state index contributed by atoms with van der Waals surface area (Å²) in [5, 5.41) is 2.73. The Morgan fingerprint density at radius 3 is 2.74 bits per heavy atom. The Hall–Kier alpha value is -3.35. The van der Waals surface area contributed by atoms with E-state index in [1.54, 1.807) is 23.1 Å². The molecule has 0 radical (unpaired) electrons. The summed E-state index contributed by atoms with van der Waals surface area (Å²) in [4.78, 5) is 38.7. The van der Waals surface area contributed by atoms with E-state index in [0.29, 0.717) is 48.7 Å². The predicted molar refractivity (Wildman–Crippen MR) is 116 cm³/mol. The number of rotatable bonds is 6. The van der Waals surface area contributed by atoms with Gasteiger partial charge in [0.05, 0.1) is 5.69 Å². The number of hydrogen-bond acceptors (Lipinski definition) is 5. The van der Waals surface area contributed by atoms with Gasteiger partial charge in [0.15, 0.2) is 19.0 Å². The van der Waals surface area contributed by atoms with Crippen molar-refractivity contribution in [1.82, 2.24) is 4.90 Å². The fourth-order valence-corrected chi connectivity index (χ4v) is 3.95. The lowest BCUT2D eigenvalue weighted by Gasteiger charge is -2.31. The standard InChI is InChI=1S/C24H26N2O5/c1-2-16-4-3-5-19(12-16)30-15-23(28)26-10-8-17(9-11-26)24(29)18-6-7-21-20(13-18)25-22(27)14-31-21/h3-7,12-13,17H,2,8-11,14-15H2,1H3,(H,25,27). The van der Waals surface area contributed by atoms with Crippen molar-refractivity contribution >= 4 is 23.3 Å². The van der Waals surface area contributed by atoms with Crippen LogP contribution in [0.4, 0.5) is 5.69 Å². The molecule has 0 spiro atoms. The molecule has 0 aliphatic carbocycles. The van der Waals surface area contributed by atoms with E-state index in [9.17, 15) is 14.4 Å². The molecule has 2 aromatic rings. The lowest BCUT2D eigenvalue weighted by Crippen LogP contribution is -2.42. The number of ether oxygens (including phenoxy) is 2. The first kappa shape index (κ1) is 20.9. The van der Waals surface area contributed by atoms with Gasteiger partial charge in [0.1, 0.15) is 11.5 Å². The van der Waals surface area contributed by atoms with Crippen LogP contribution in [0.5, 0.6) is 11.5 Å². The highest BCUT2D eigenvalue weighted by atomic mass is 16.5. The number of ketones is 1. The van der Waals surface area contributed by atoms with Crippen LogP contribution in [0.1, 0.15) is 35.7 Å². The number of Topliss-reactive ketones (excluding diaryl/α,β-unsaturated/α-hetero) is 1. The maximum absolute atomic E-state index is 12.9. The molecule has 7 nitrogen and oxygen atoms in total. The van der Waals surface area contributed by atoms with Crippen molar-refractivity contribution in [3.05, 3.63) is 53.6 Å². The van der Waals surface area contributed by atoms with Crippen LogP contribution >= 0.6 is 0 Å². The summed E-state index contributed by atoms with van der Waals surface area (Å²) in [6.07, 6.45) is 2.13. The van der Waals surface area contributed by atoms with Gasteiger partial charge in [-0.1, -0.05) is 19.1 Å². The Bertz CT molecular complexity index is 995. The zero-order valence-corrected chi connectivity index (χ0v) is 17.6. The quantitative estimate of drug-likeness (QED) is 0.723. The molecule has 2 aliphatic rings. The number of fused-ring (bicyclic) bond motifs is 1. The summed E-state index contributed by atoms with van der Waals surface area (Å²) in [6.45, 7) is 3.11. The molecule has 0 saturated carbocycles. The number of carbonyl (C=O) groups excluding carboxylic acids is 3. The van der Waals surface area contributed by atoms with Crippen molar-refractivity contribution < 1.29 is 23.9 Å². The molecular weight excluding hydrogens is 396 g/mol. The van der Waals surface area contributed by atoms with Gasteiger partial charge in [-0.25, -0.2) is 0 Å². The van der Waals surface area contributed by atoms with Gasteiger partial charge in [-0.15, -0.1) is 0 Å². The summed E-state index contributed by atoms with van der Waals surface area (Å²) >= 11 is 0. The van der Waals surface area contributed by atoms with Crippen LogP contribution in [0.2, 0.25) is 0 Å². The van der Waals surface area contributed by atoms with Crippen molar-refractivity contribution in [2.24, 2.45) is 5.92 Å². The zero-order valence-electron chi connectivity index (χ0n) is 17.6. The maximum atomic E-state index is 12.9. The third kappa shape index (κ3) is 4.87. The number of nitrogens with one attached hydrogen (secondary N) is 1. The molecule has 31 heavy (non-hydrogen) atoms. The Morgan fingerprint density at radius 1 is 1.16 bits per heavy atom. The van der Waals surface area contributed by atoms with E-state index in [2.05, 4.69) is 12.2 Å². The van der Waals surface area contributed by atoms with E-state index in [1.807, 2.05) is 24.3 Å². The largest absolute Gasteiger partial charge is 0.484 e. The second-order valence-corrected chi connectivity index (χ2v) is 7.86. The van der Waals surface area contributed by atoms with Crippen LogP contribution in [0.25, 0.3) is 0 Å². The Labute approximate surface area is 181 Å². The highest BCUT2D eigenvalue weighted by molar-refractivity contribution is 6.01. The van der Waals surface area contributed by atoms with Gasteiger partial charge in [0.2, 0.25) is 0 Å². The molecule has 0 bridgehead atoms. The van der Waals surface area contributed by atoms with Gasteiger partial charge in [-0.05, 0) is 55.2 Å². The topological polar surface area (TPSA) is 84.9 Å². The molecular formula is C24H26N2O5. The Balaban J connectivity index is 1.30. The molecule has 7 heteroatoms. The van der Waals surface area contributed by atoms with Gasteiger partial charge < -0.3 is 19.7 Å². The minimum absolute atomic E-state index is 0.00367. The second kappa shape index (κ2) is 9.20. The van der Waals surface area contributed by atoms with Crippen molar-refractivity contribution in [3.8, 4) is 11.5 Å². The number of aryl methyl sites for hydroxylation is 1. The van der Waals surface area contributed by atoms with Crippen molar-refractivity contribution in [1.29, 1.82) is 0 Å². The van der Waals surface area contributed by atoms with Crippen LogP contribution in [0.3, 0.4) is 0 Å². The molecule has 0 unspecified atom stereocenters. The summed E-state index contributed by atoms with van der Waals surface area (Å²) in [7, 11) is 0. The number of anilines is 1. The van der Waals surface area contributed by atoms with E-state index in [4.69, 9.17) is 9.47 Å². The van der Waals surface area contributed by atoms with Crippen molar-refractivity contribution in [2.75, 3.05) is 31.6 Å². The van der Waals surface area contributed by atoms with E-state index in [0.717, 1.165) is 12.0 Å². The smallest absolute Gasteiger partial charge is 0.262 e. The molecule has 0 aromatic heterocycles. The van der Waals surface area contributed by atoms with E-state index in [-0.39, 0.29) is 36.7 Å². The highest BCUT2D eigenvalue weighted by Gasteiger charge is 2.29. The first-order valence-corrected chi connectivity index (χ1v) is 10.6. The van der Waals surface area contributed by atoms with E-state index >= 15 is 0 Å². The number of nitrogens with zero attached hydrogens (tertiary/aromatic N) is 1. The average Bonchev–Trinajstić information content (AvgIpc) is 2.81. The highest BCUT2D eigenvalue weighted by Crippen LogP contribution is 2.31. The molecule has 162 valence electrons. The maximum Gasteiger partial charge on any atom is 0.262 e. The summed E-state index contributed by atoms with van der Waals surface area (Å²) < 4.78 is 11.0. The first-order chi connectivity index (χ1) is 15.0. The lowest BCUT2D eigenvalue weighted by atomic mass is 9.88. The molecule has 2 aliphatic heterocycles. The first-order valence-electron chi connectivity index (χ1n) is 10.6. The predicted octanol–water partition coefficient (Wildman–Crippen LogP) is 3.08. The van der Waals surface area contributed by atoms with Crippen LogP contribution in [0.15, 0.2) is 42.5 Å². The molecule has 1 fully saturated rings. The second-order valence-electron chi connectivity index (χ2n) is 7.86. The molecule has 1 N–H and O–H groups in total. The van der Waals surface area contributed by atoms with Crippen molar-refractivity contribution in [3.63, 3.8) is 0 Å². The van der Waals surface area contributed by atoms with E-state index in [1.165, 1.54) is 0 Å². The normalized spacial score (nSPS) is 16.2. The fraction of sp³-hybridized carbons (Fsp3) is 0.375. The average molecular weight is 422 g/mol. The van der Waals surface area contributed by atoms with Gasteiger partial charge in [-0.2, -0.15) is 0 Å². The third-order valence-corrected chi connectivity index (χ3v) is 5.78. The zero-order chi connectivity index (χ0) is 21.8. The number of likely N-dealkylation sites (tertiary alicyclic amines) is 1. The number of amides is 2. The van der Waals surface area contributed by atoms with Gasteiger partial charge in [0, 0.05) is 24.6 Å². The molecule has 2 heterocycles. The van der Waals surface area contributed by atoms with Gasteiger partial charge in [-0.3, -0.25) is 14.4 Å². The number of benzene rings is 2. The van der Waals surface area contributed by atoms with Crippen LogP contribution in [-0.2, 0) is 16.0 Å². The van der Waals surface area contributed by atoms with Crippen molar-refractivity contribution in [2.45, 2.75) is 26.2 Å². The molecule has 2 amide bonds. The third-order valence-electron chi connectivity index (χ3n) is 5.78. The van der Waals surface area contributed by atoms with Crippen LogP contribution in [0, 0.1) is 5.92 Å². The van der Waals surface area contributed by atoms with Crippen LogP contribution in [-0.4, -0.2) is 48.8 Å². The fourth-order valence-electron chi connectivity index (χ4n) is 3.95. The molecule has 2 aromatic carbocycles. The molecule has 1 saturated heterocycles. The van der Waals surface area contributed by atoms with E-state index < -0.39 is 0 Å². The summed E-state index contributed by atoms with van der Waals surface area (Å²) in [6, 6.07) is 12.9. The number of carbonyl (C=O) groups is 3. The SMILES string of the molecule is CCc1cccc(OCC(=O)N2CCC(C(=O)c3ccc4c(c3)NC(=O)CO4)CC2)c1. The summed E-state index contributed by atoms with van der Waals surface area (Å²) in [5.41, 5.74) is 2.24. The molecule has 0 atom stereocenters. The van der Waals surface area contributed by atoms with Crippen LogP contribution < -0.4 is 14.8 Å². The Kier molecular flexibility index (Phi) is 6.21. The van der Waals surface area contributed by atoms with Gasteiger partial charge >= 0.3 is 0 Å². The minimum atomic E-state index is -0.229. The molecule has 4 rings (SSSR count). The van der Waals surface area contributed by atoms with Gasteiger partial charge in [0.25, 0.3) is 11.8 Å². The number of hydrogen-bond donors (Lipinski definition) is 1. The minimum Gasteiger partial charge on any atom is -0.484 e. The number of piperidine rings is 1. The Morgan fingerprint density at radius 2 is 1.97 bits per heavy atom. The lowest BCUT2D eigenvalue weighted by molar-refractivity contribution is -0.134. The summed E-state index contributed by atoms with van der Waals surface area (Å²) in [5.74, 6) is 0.850. The monoisotopic (exact) mass is 422 g/mol.